The average molecular weight is 408 g/mol. The molecule has 0 atom stereocenters. The van der Waals surface area contributed by atoms with Crippen LogP contribution in [0.5, 0.6) is 0 Å². The van der Waals surface area contributed by atoms with E-state index in [0.29, 0.717) is 21.0 Å². The van der Waals surface area contributed by atoms with Crippen molar-refractivity contribution in [1.29, 1.82) is 0 Å². The Labute approximate surface area is 148 Å². The third-order valence-corrected chi connectivity index (χ3v) is 4.52. The Hall–Kier alpha value is -2.39. The molecule has 0 fully saturated rings. The van der Waals surface area contributed by atoms with E-state index in [1.807, 2.05) is 18.2 Å². The van der Waals surface area contributed by atoms with Crippen molar-refractivity contribution < 1.29 is 14.1 Å². The van der Waals surface area contributed by atoms with Crippen LogP contribution in [0.1, 0.15) is 0 Å². The standard InChI is InChI=1S/C15H10BrN3O4S/c16-10-7-9(19(21)22)5-6-11(10)17-14(20)8-24-15-18-12-3-1-2-4-13(12)23-15/h1-7H,8H2,(H,17,20). The predicted molar refractivity (Wildman–Crippen MR) is 94.2 cm³/mol. The van der Waals surface area contributed by atoms with E-state index in [2.05, 4.69) is 26.2 Å². The highest BCUT2D eigenvalue weighted by Gasteiger charge is 2.13. The second-order valence-electron chi connectivity index (χ2n) is 4.71. The van der Waals surface area contributed by atoms with Crippen molar-refractivity contribution in [2.75, 3.05) is 11.1 Å². The van der Waals surface area contributed by atoms with E-state index in [0.717, 1.165) is 5.52 Å². The minimum Gasteiger partial charge on any atom is -0.431 e. The summed E-state index contributed by atoms with van der Waals surface area (Å²) in [5.41, 5.74) is 1.81. The molecule has 0 aliphatic carbocycles. The van der Waals surface area contributed by atoms with Gasteiger partial charge >= 0.3 is 0 Å². The summed E-state index contributed by atoms with van der Waals surface area (Å²) in [4.78, 5) is 26.5. The van der Waals surface area contributed by atoms with Gasteiger partial charge in [0.25, 0.3) is 10.9 Å². The lowest BCUT2D eigenvalue weighted by Crippen LogP contribution is -2.14. The van der Waals surface area contributed by atoms with Gasteiger partial charge in [0, 0.05) is 16.6 Å². The van der Waals surface area contributed by atoms with Crippen molar-refractivity contribution in [3.63, 3.8) is 0 Å². The van der Waals surface area contributed by atoms with Crippen molar-refractivity contribution in [2.45, 2.75) is 5.22 Å². The summed E-state index contributed by atoms with van der Waals surface area (Å²) >= 11 is 4.38. The SMILES string of the molecule is O=C(CSc1nc2ccccc2o1)Nc1ccc([N+](=O)[O-])cc1Br. The molecular weight excluding hydrogens is 398 g/mol. The van der Waals surface area contributed by atoms with E-state index in [9.17, 15) is 14.9 Å². The summed E-state index contributed by atoms with van der Waals surface area (Å²) in [6.45, 7) is 0. The van der Waals surface area contributed by atoms with Crippen molar-refractivity contribution >= 4 is 56.1 Å². The molecular formula is C15H10BrN3O4S. The summed E-state index contributed by atoms with van der Waals surface area (Å²) in [7, 11) is 0. The van der Waals surface area contributed by atoms with E-state index in [1.165, 1.54) is 30.0 Å². The number of nitro benzene ring substituents is 1. The van der Waals surface area contributed by atoms with Gasteiger partial charge in [0.1, 0.15) is 5.52 Å². The number of nitro groups is 1. The van der Waals surface area contributed by atoms with Gasteiger partial charge < -0.3 is 9.73 Å². The Balaban J connectivity index is 1.62. The van der Waals surface area contributed by atoms with Crippen LogP contribution in [0, 0.1) is 10.1 Å². The number of amides is 1. The fourth-order valence-electron chi connectivity index (χ4n) is 1.95. The van der Waals surface area contributed by atoms with Gasteiger partial charge in [-0.15, -0.1) is 0 Å². The monoisotopic (exact) mass is 407 g/mol. The van der Waals surface area contributed by atoms with Crippen LogP contribution in [0.3, 0.4) is 0 Å². The number of non-ortho nitro benzene ring substituents is 1. The summed E-state index contributed by atoms with van der Waals surface area (Å²) in [6.07, 6.45) is 0. The molecule has 0 bridgehead atoms. The molecule has 122 valence electrons. The molecule has 0 spiro atoms. The van der Waals surface area contributed by atoms with Crippen LogP contribution in [-0.4, -0.2) is 21.6 Å². The highest BCUT2D eigenvalue weighted by Crippen LogP contribution is 2.28. The van der Waals surface area contributed by atoms with E-state index in [-0.39, 0.29) is 17.3 Å². The molecule has 0 unspecified atom stereocenters. The molecule has 0 aliphatic rings. The Morgan fingerprint density at radius 2 is 2.12 bits per heavy atom. The number of fused-ring (bicyclic) bond motifs is 1. The van der Waals surface area contributed by atoms with Crippen LogP contribution in [0.15, 0.2) is 56.6 Å². The van der Waals surface area contributed by atoms with Gasteiger partial charge in [0.2, 0.25) is 5.91 Å². The number of benzene rings is 2. The number of anilines is 1. The molecule has 1 heterocycles. The molecule has 0 aliphatic heterocycles. The first-order chi connectivity index (χ1) is 11.5. The summed E-state index contributed by atoms with van der Waals surface area (Å²) in [5.74, 6) is -0.159. The number of nitrogens with one attached hydrogen (secondary N) is 1. The molecule has 9 heteroatoms. The first-order valence-electron chi connectivity index (χ1n) is 6.75. The number of carbonyl (C=O) groups is 1. The second-order valence-corrected chi connectivity index (χ2v) is 6.49. The molecule has 24 heavy (non-hydrogen) atoms. The first kappa shape index (κ1) is 16.5. The van der Waals surface area contributed by atoms with Gasteiger partial charge in [-0.05, 0) is 34.1 Å². The molecule has 3 aromatic rings. The number of oxazole rings is 1. The zero-order valence-electron chi connectivity index (χ0n) is 12.1. The smallest absolute Gasteiger partial charge is 0.270 e. The van der Waals surface area contributed by atoms with Crippen molar-refractivity contribution in [2.24, 2.45) is 0 Å². The number of hydrogen-bond donors (Lipinski definition) is 1. The number of hydrogen-bond acceptors (Lipinski definition) is 6. The number of para-hydroxylation sites is 2. The Bertz CT molecular complexity index is 895. The number of aromatic nitrogens is 1. The van der Waals surface area contributed by atoms with Gasteiger partial charge in [0.05, 0.1) is 16.4 Å². The topological polar surface area (TPSA) is 98.3 Å². The molecule has 2 aromatic carbocycles. The second kappa shape index (κ2) is 7.02. The lowest BCUT2D eigenvalue weighted by atomic mass is 10.3. The molecule has 7 nitrogen and oxygen atoms in total. The minimum atomic E-state index is -0.501. The Kier molecular flexibility index (Phi) is 4.81. The Morgan fingerprint density at radius 3 is 2.83 bits per heavy atom. The average Bonchev–Trinajstić information content (AvgIpc) is 2.97. The van der Waals surface area contributed by atoms with Crippen LogP contribution in [0.4, 0.5) is 11.4 Å². The quantitative estimate of drug-likeness (QED) is 0.386. The highest BCUT2D eigenvalue weighted by atomic mass is 79.9. The number of halogens is 1. The van der Waals surface area contributed by atoms with E-state index in [4.69, 9.17) is 4.42 Å². The number of nitrogens with zero attached hydrogens (tertiary/aromatic N) is 2. The van der Waals surface area contributed by atoms with Gasteiger partial charge in [-0.25, -0.2) is 4.98 Å². The molecule has 0 saturated heterocycles. The van der Waals surface area contributed by atoms with Gasteiger partial charge in [-0.1, -0.05) is 23.9 Å². The van der Waals surface area contributed by atoms with Gasteiger partial charge in [-0.3, -0.25) is 14.9 Å². The zero-order chi connectivity index (χ0) is 17.1. The fourth-order valence-corrected chi connectivity index (χ4v) is 3.05. The van der Waals surface area contributed by atoms with Crippen LogP contribution in [-0.2, 0) is 4.79 Å². The molecule has 3 rings (SSSR count). The maximum absolute atomic E-state index is 12.0. The van der Waals surface area contributed by atoms with Crippen LogP contribution < -0.4 is 5.32 Å². The van der Waals surface area contributed by atoms with Gasteiger partial charge in [0.15, 0.2) is 5.58 Å². The first-order valence-corrected chi connectivity index (χ1v) is 8.53. The van der Waals surface area contributed by atoms with Crippen LogP contribution in [0.25, 0.3) is 11.1 Å². The summed E-state index contributed by atoms with van der Waals surface area (Å²) in [5, 5.41) is 13.8. The predicted octanol–water partition coefficient (Wildman–Crippen LogP) is 4.23. The van der Waals surface area contributed by atoms with Crippen LogP contribution >= 0.6 is 27.7 Å². The molecule has 1 amide bonds. The molecule has 0 radical (unpaired) electrons. The van der Waals surface area contributed by atoms with Crippen molar-refractivity contribution in [3.05, 3.63) is 57.1 Å². The lowest BCUT2D eigenvalue weighted by Gasteiger charge is -2.06. The third-order valence-electron chi connectivity index (χ3n) is 3.04. The van der Waals surface area contributed by atoms with E-state index < -0.39 is 4.92 Å². The number of thioether (sulfide) groups is 1. The minimum absolute atomic E-state index is 0.0549. The molecule has 0 saturated carbocycles. The number of rotatable bonds is 5. The van der Waals surface area contributed by atoms with Gasteiger partial charge in [-0.2, -0.15) is 0 Å². The normalized spacial score (nSPS) is 10.7. The lowest BCUT2D eigenvalue weighted by molar-refractivity contribution is -0.384. The highest BCUT2D eigenvalue weighted by molar-refractivity contribution is 9.10. The largest absolute Gasteiger partial charge is 0.431 e. The Morgan fingerprint density at radius 1 is 1.33 bits per heavy atom. The molecule has 1 aromatic heterocycles. The zero-order valence-corrected chi connectivity index (χ0v) is 14.5. The maximum atomic E-state index is 12.0. The van der Waals surface area contributed by atoms with Crippen molar-refractivity contribution in [1.82, 2.24) is 4.98 Å². The molecule has 1 N–H and O–H groups in total. The maximum Gasteiger partial charge on any atom is 0.270 e. The van der Waals surface area contributed by atoms with Crippen LogP contribution in [0.2, 0.25) is 0 Å². The number of carbonyl (C=O) groups excluding carboxylic acids is 1. The van der Waals surface area contributed by atoms with E-state index >= 15 is 0 Å². The summed E-state index contributed by atoms with van der Waals surface area (Å²) < 4.78 is 5.96. The summed E-state index contributed by atoms with van der Waals surface area (Å²) in [6, 6.07) is 11.5. The van der Waals surface area contributed by atoms with Crippen molar-refractivity contribution in [3.8, 4) is 0 Å². The third kappa shape index (κ3) is 3.74. The van der Waals surface area contributed by atoms with E-state index in [1.54, 1.807) is 6.07 Å². The fraction of sp³-hybridized carbons (Fsp3) is 0.0667.